The Hall–Kier alpha value is -2.30. The van der Waals surface area contributed by atoms with Crippen molar-refractivity contribution in [2.24, 2.45) is 0 Å². The van der Waals surface area contributed by atoms with Gasteiger partial charge in [-0.15, -0.1) is 5.54 Å². The molecule has 3 aromatic carbocycles. The molecule has 5 rings (SSSR count). The van der Waals surface area contributed by atoms with Crippen molar-refractivity contribution in [1.29, 1.82) is 0 Å². The minimum absolute atomic E-state index is 0.00273. The van der Waals surface area contributed by atoms with Crippen LogP contribution in [0.25, 0.3) is 21.9 Å². The van der Waals surface area contributed by atoms with Gasteiger partial charge in [0.25, 0.3) is 0 Å². The van der Waals surface area contributed by atoms with Crippen molar-refractivity contribution in [3.8, 4) is 22.6 Å². The van der Waals surface area contributed by atoms with E-state index in [4.69, 9.17) is 0 Å². The highest BCUT2D eigenvalue weighted by Crippen LogP contribution is 2.59. The average Bonchev–Trinajstić information content (AvgIpc) is 2.85. The van der Waals surface area contributed by atoms with Crippen LogP contribution in [0.1, 0.15) is 61.1 Å². The van der Waals surface area contributed by atoms with E-state index in [9.17, 15) is 0 Å². The predicted octanol–water partition coefficient (Wildman–Crippen LogP) is 7.32. The molecule has 146 valence electrons. The molecular formula is C28H30Si. The first-order valence-electron chi connectivity index (χ1n) is 10.7. The molecule has 0 saturated carbocycles. The van der Waals surface area contributed by atoms with E-state index in [0.29, 0.717) is 0 Å². The summed E-state index contributed by atoms with van der Waals surface area (Å²) < 4.78 is 0. The van der Waals surface area contributed by atoms with Crippen molar-refractivity contribution in [3.05, 3.63) is 69.8 Å². The fourth-order valence-corrected chi connectivity index (χ4v) is 5.96. The first-order valence-corrected chi connectivity index (χ1v) is 14.2. The normalized spacial score (nSPS) is 17.2. The van der Waals surface area contributed by atoms with Crippen LogP contribution < -0.4 is 0 Å². The smallest absolute Gasteiger partial charge is 0.127 e. The lowest BCUT2D eigenvalue weighted by Crippen LogP contribution is -2.24. The zero-order chi connectivity index (χ0) is 20.9. The van der Waals surface area contributed by atoms with E-state index in [1.54, 1.807) is 0 Å². The van der Waals surface area contributed by atoms with Crippen molar-refractivity contribution in [3.63, 3.8) is 0 Å². The van der Waals surface area contributed by atoms with Crippen LogP contribution in [0.2, 0.25) is 19.6 Å². The van der Waals surface area contributed by atoms with Gasteiger partial charge in [-0.05, 0) is 68.8 Å². The summed E-state index contributed by atoms with van der Waals surface area (Å²) in [6.45, 7) is 18.8. The van der Waals surface area contributed by atoms with Crippen molar-refractivity contribution in [2.75, 3.05) is 0 Å². The summed E-state index contributed by atoms with van der Waals surface area (Å²) in [4.78, 5) is 0. The number of aryl methyl sites for hydroxylation is 1. The minimum Gasteiger partial charge on any atom is -0.127 e. The molecule has 1 heteroatoms. The molecule has 0 fully saturated rings. The summed E-state index contributed by atoms with van der Waals surface area (Å²) >= 11 is 0. The molecule has 2 aliphatic rings. The van der Waals surface area contributed by atoms with Crippen LogP contribution in [0.4, 0.5) is 0 Å². The molecule has 0 N–H and O–H groups in total. The van der Waals surface area contributed by atoms with Crippen LogP contribution in [-0.2, 0) is 10.8 Å². The molecule has 0 bridgehead atoms. The van der Waals surface area contributed by atoms with Crippen LogP contribution >= 0.6 is 0 Å². The van der Waals surface area contributed by atoms with Crippen molar-refractivity contribution >= 4 is 18.8 Å². The summed E-state index contributed by atoms with van der Waals surface area (Å²) in [5.74, 6) is 3.56. The van der Waals surface area contributed by atoms with Gasteiger partial charge in [0.2, 0.25) is 0 Å². The van der Waals surface area contributed by atoms with Gasteiger partial charge in [0.05, 0.1) is 0 Å². The Bertz CT molecular complexity index is 1280. The van der Waals surface area contributed by atoms with Gasteiger partial charge in [-0.1, -0.05) is 77.5 Å². The standard InChI is InChI=1S/C28H30Si/c1-17-14-21-26-24-19(17)10-9-11-20(24)27(2,3)22-15-18(12-13-29(6,7)8)16-23(25(22)26)28(21,4)5/h9-11,14-16H,1-8H3. The van der Waals surface area contributed by atoms with E-state index >= 15 is 0 Å². The zero-order valence-electron chi connectivity index (χ0n) is 19.0. The van der Waals surface area contributed by atoms with Crippen LogP contribution in [-0.4, -0.2) is 8.07 Å². The maximum Gasteiger partial charge on any atom is 0.129 e. The number of rotatable bonds is 0. The molecule has 2 aliphatic carbocycles. The zero-order valence-corrected chi connectivity index (χ0v) is 20.0. The van der Waals surface area contributed by atoms with Gasteiger partial charge < -0.3 is 0 Å². The highest BCUT2D eigenvalue weighted by Gasteiger charge is 2.45. The van der Waals surface area contributed by atoms with E-state index in [1.807, 2.05) is 0 Å². The van der Waals surface area contributed by atoms with Crippen LogP contribution in [0.3, 0.4) is 0 Å². The summed E-state index contributed by atoms with van der Waals surface area (Å²) in [7, 11) is -1.42. The van der Waals surface area contributed by atoms with E-state index < -0.39 is 8.07 Å². The second-order valence-corrected chi connectivity index (χ2v) is 15.8. The molecule has 29 heavy (non-hydrogen) atoms. The van der Waals surface area contributed by atoms with Crippen LogP contribution in [0.5, 0.6) is 0 Å². The second-order valence-electron chi connectivity index (χ2n) is 11.0. The summed E-state index contributed by atoms with van der Waals surface area (Å²) in [5.41, 5.74) is 15.0. The minimum atomic E-state index is -1.42. The molecule has 0 nitrogen and oxygen atoms in total. The highest BCUT2D eigenvalue weighted by atomic mass is 28.3. The van der Waals surface area contributed by atoms with Crippen LogP contribution in [0.15, 0.2) is 36.4 Å². The number of hydrogen-bond acceptors (Lipinski definition) is 0. The summed E-state index contributed by atoms with van der Waals surface area (Å²) in [6.07, 6.45) is 0. The molecule has 0 saturated heterocycles. The van der Waals surface area contributed by atoms with Crippen molar-refractivity contribution < 1.29 is 0 Å². The van der Waals surface area contributed by atoms with Gasteiger partial charge in [0, 0.05) is 16.4 Å². The maximum atomic E-state index is 3.59. The van der Waals surface area contributed by atoms with Crippen molar-refractivity contribution in [2.45, 2.75) is 65.1 Å². The fraction of sp³-hybridized carbons (Fsp3) is 0.357. The Morgan fingerprint density at radius 3 is 1.97 bits per heavy atom. The quantitative estimate of drug-likeness (QED) is 0.277. The predicted molar refractivity (Wildman–Crippen MR) is 129 cm³/mol. The highest BCUT2D eigenvalue weighted by molar-refractivity contribution is 6.83. The molecule has 0 amide bonds. The Kier molecular flexibility index (Phi) is 3.51. The number of hydrogen-bond donors (Lipinski definition) is 0. The third-order valence-corrected chi connectivity index (χ3v) is 7.91. The van der Waals surface area contributed by atoms with Gasteiger partial charge in [-0.25, -0.2) is 0 Å². The van der Waals surface area contributed by atoms with Gasteiger partial charge in [0.15, 0.2) is 0 Å². The molecular weight excluding hydrogens is 364 g/mol. The Morgan fingerprint density at radius 2 is 1.34 bits per heavy atom. The second kappa shape index (κ2) is 5.44. The van der Waals surface area contributed by atoms with E-state index in [2.05, 4.69) is 102 Å². The third-order valence-electron chi connectivity index (χ3n) is 7.03. The Labute approximate surface area is 176 Å². The largest absolute Gasteiger partial charge is 0.129 e. The summed E-state index contributed by atoms with van der Waals surface area (Å²) in [5, 5.41) is 2.89. The Morgan fingerprint density at radius 1 is 0.759 bits per heavy atom. The van der Waals surface area contributed by atoms with E-state index in [0.717, 1.165) is 0 Å². The van der Waals surface area contributed by atoms with Gasteiger partial charge in [-0.2, -0.15) is 0 Å². The molecule has 0 aliphatic heterocycles. The van der Waals surface area contributed by atoms with Gasteiger partial charge in [-0.3, -0.25) is 0 Å². The van der Waals surface area contributed by atoms with E-state index in [1.165, 1.54) is 55.3 Å². The lowest BCUT2D eigenvalue weighted by Gasteiger charge is -2.35. The fourth-order valence-electron chi connectivity index (χ4n) is 5.44. The lowest BCUT2D eigenvalue weighted by atomic mass is 9.68. The molecule has 0 radical (unpaired) electrons. The van der Waals surface area contributed by atoms with Crippen LogP contribution in [0, 0.1) is 18.4 Å². The summed E-state index contributed by atoms with van der Waals surface area (Å²) in [6, 6.07) is 14.1. The van der Waals surface area contributed by atoms with Gasteiger partial charge >= 0.3 is 0 Å². The maximum absolute atomic E-state index is 3.59. The molecule has 3 aromatic rings. The monoisotopic (exact) mass is 394 g/mol. The lowest BCUT2D eigenvalue weighted by molar-refractivity contribution is 0.639. The topological polar surface area (TPSA) is 0 Å². The third kappa shape index (κ3) is 2.39. The molecule has 0 heterocycles. The first kappa shape index (κ1) is 18.7. The Balaban J connectivity index is 1.96. The molecule has 0 atom stereocenters. The van der Waals surface area contributed by atoms with Gasteiger partial charge in [0.1, 0.15) is 8.07 Å². The van der Waals surface area contributed by atoms with Crippen molar-refractivity contribution in [1.82, 2.24) is 0 Å². The molecule has 0 spiro atoms. The first-order chi connectivity index (χ1) is 13.4. The SMILES string of the molecule is Cc1cc2c3c4c(cccc14)C(C)(C)c1cc(C#C[Si](C)(C)C)cc(c1-3)C2(C)C. The number of benzene rings is 3. The average molecular weight is 395 g/mol. The molecule has 0 aromatic heterocycles. The van der Waals surface area contributed by atoms with E-state index in [-0.39, 0.29) is 10.8 Å². The molecule has 0 unspecified atom stereocenters.